The molecule has 4 N–H and O–H groups in total. The van der Waals surface area contributed by atoms with Gasteiger partial charge in [-0.15, -0.1) is 0 Å². The molecule has 0 aliphatic heterocycles. The predicted molar refractivity (Wildman–Crippen MR) is 216 cm³/mol. The Labute approximate surface area is 314 Å². The van der Waals surface area contributed by atoms with Crippen LogP contribution in [0.25, 0.3) is 0 Å². The zero-order chi connectivity index (χ0) is 37.5. The molecule has 2 unspecified atom stereocenters. The summed E-state index contributed by atoms with van der Waals surface area (Å²) in [6.45, 7) is 4.90. The molecule has 0 bridgehead atoms. The number of unbranched alkanes of at least 4 members (excludes halogenated alkanes) is 21. The molecule has 0 fully saturated rings. The highest BCUT2D eigenvalue weighted by atomic mass is 16.5. The van der Waals surface area contributed by atoms with Gasteiger partial charge in [0.2, 0.25) is 5.91 Å². The van der Waals surface area contributed by atoms with Crippen molar-refractivity contribution < 1.29 is 24.2 Å². The van der Waals surface area contributed by atoms with E-state index in [1.165, 1.54) is 109 Å². The highest BCUT2D eigenvalue weighted by Gasteiger charge is 2.19. The van der Waals surface area contributed by atoms with Gasteiger partial charge in [-0.3, -0.25) is 9.59 Å². The van der Waals surface area contributed by atoms with Crippen molar-refractivity contribution in [1.29, 1.82) is 0 Å². The fourth-order valence-corrected chi connectivity index (χ4v) is 6.48. The number of allylic oxidation sites excluding steroid dienone is 4. The molecule has 0 aliphatic carbocycles. The number of carbonyl (C=O) groups excluding carboxylic acids is 2. The summed E-state index contributed by atoms with van der Waals surface area (Å²) in [5.74, 6) is -1.23. The summed E-state index contributed by atoms with van der Waals surface area (Å²) in [4.78, 5) is 36.2. The lowest BCUT2D eigenvalue weighted by Gasteiger charge is -2.18. The molecule has 0 aromatic carbocycles. The average molecular weight is 719 g/mol. The Hall–Kier alpha value is -2.15. The first kappa shape index (κ1) is 48.9. The van der Waals surface area contributed by atoms with E-state index in [1.807, 2.05) is 0 Å². The number of carbonyl (C=O) groups is 3. The Balaban J connectivity index is 4.06. The maximum absolute atomic E-state index is 12.7. The zero-order valence-electron chi connectivity index (χ0n) is 33.5. The number of nitrogens with one attached hydrogen (secondary N) is 1. The lowest BCUT2D eigenvalue weighted by Crippen LogP contribution is -2.40. The topological polar surface area (TPSA) is 119 Å². The number of esters is 1. The number of hydrogen-bond acceptors (Lipinski definition) is 5. The van der Waals surface area contributed by atoms with E-state index in [1.54, 1.807) is 0 Å². The molecule has 0 saturated carbocycles. The largest absolute Gasteiger partial charge is 0.480 e. The highest BCUT2D eigenvalue weighted by Crippen LogP contribution is 2.19. The molecule has 0 spiro atoms. The maximum atomic E-state index is 12.7. The van der Waals surface area contributed by atoms with E-state index in [0.29, 0.717) is 32.2 Å². The van der Waals surface area contributed by atoms with Gasteiger partial charge in [-0.25, -0.2) is 4.79 Å². The Morgan fingerprint density at radius 3 is 1.55 bits per heavy atom. The van der Waals surface area contributed by atoms with Crippen molar-refractivity contribution in [3.63, 3.8) is 0 Å². The molecule has 0 rings (SSSR count). The maximum Gasteiger partial charge on any atom is 0.326 e. The minimum Gasteiger partial charge on any atom is -0.480 e. The van der Waals surface area contributed by atoms with Gasteiger partial charge in [0.25, 0.3) is 0 Å². The molecule has 7 heteroatoms. The van der Waals surface area contributed by atoms with Crippen LogP contribution in [0.3, 0.4) is 0 Å². The monoisotopic (exact) mass is 719 g/mol. The van der Waals surface area contributed by atoms with E-state index in [0.717, 1.165) is 70.6 Å². The van der Waals surface area contributed by atoms with Crippen LogP contribution in [0, 0.1) is 0 Å². The first-order valence-corrected chi connectivity index (χ1v) is 21.7. The van der Waals surface area contributed by atoms with Gasteiger partial charge in [0.1, 0.15) is 12.1 Å². The van der Waals surface area contributed by atoms with Crippen LogP contribution < -0.4 is 11.1 Å². The number of carboxylic acids is 1. The molecule has 7 nitrogen and oxygen atoms in total. The molecule has 298 valence electrons. The third-order valence-electron chi connectivity index (χ3n) is 9.77. The highest BCUT2D eigenvalue weighted by molar-refractivity contribution is 5.83. The molecule has 51 heavy (non-hydrogen) atoms. The Kier molecular flexibility index (Phi) is 37.4. The minimum atomic E-state index is -1.00. The molecule has 0 aromatic rings. The zero-order valence-corrected chi connectivity index (χ0v) is 33.5. The van der Waals surface area contributed by atoms with Gasteiger partial charge in [-0.2, -0.15) is 0 Å². The number of carboxylic acid groups (broad SMARTS) is 1. The summed E-state index contributed by atoms with van der Waals surface area (Å²) >= 11 is 0. The van der Waals surface area contributed by atoms with Crippen molar-refractivity contribution in [2.45, 2.75) is 231 Å². The first-order valence-electron chi connectivity index (χ1n) is 21.7. The summed E-state index contributed by atoms with van der Waals surface area (Å²) in [5, 5.41) is 11.9. The van der Waals surface area contributed by atoms with E-state index in [2.05, 4.69) is 43.5 Å². The number of hydrogen-bond donors (Lipinski definition) is 3. The molecule has 1 amide bonds. The third kappa shape index (κ3) is 36.0. The summed E-state index contributed by atoms with van der Waals surface area (Å²) in [5.41, 5.74) is 5.47. The van der Waals surface area contributed by atoms with Crippen LogP contribution in [-0.2, 0) is 19.1 Å². The van der Waals surface area contributed by atoms with Crippen molar-refractivity contribution in [1.82, 2.24) is 5.32 Å². The molecule has 0 aliphatic rings. The molecule has 0 saturated heterocycles. The smallest absolute Gasteiger partial charge is 0.326 e. The summed E-state index contributed by atoms with van der Waals surface area (Å²) in [6, 6.07) is -0.854. The van der Waals surface area contributed by atoms with Crippen molar-refractivity contribution in [2.75, 3.05) is 6.54 Å². The lowest BCUT2D eigenvalue weighted by molar-refractivity contribution is -0.150. The molecule has 0 aromatic heterocycles. The predicted octanol–water partition coefficient (Wildman–Crippen LogP) is 12.1. The fourth-order valence-electron chi connectivity index (χ4n) is 6.48. The Morgan fingerprint density at radius 1 is 0.569 bits per heavy atom. The molecule has 0 radical (unpaired) electrons. The second kappa shape index (κ2) is 39.1. The van der Waals surface area contributed by atoms with Gasteiger partial charge < -0.3 is 20.9 Å². The van der Waals surface area contributed by atoms with Gasteiger partial charge in [-0.05, 0) is 90.0 Å². The fraction of sp³-hybridized carbons (Fsp3) is 0.841. The molecular formula is C44H82N2O5. The quantitative estimate of drug-likeness (QED) is 0.0331. The van der Waals surface area contributed by atoms with E-state index in [-0.39, 0.29) is 18.0 Å². The number of ether oxygens (including phenoxy) is 1. The number of amides is 1. The number of aliphatic carboxylic acids is 1. The van der Waals surface area contributed by atoms with E-state index >= 15 is 0 Å². The van der Waals surface area contributed by atoms with Gasteiger partial charge in [-0.1, -0.05) is 147 Å². The van der Waals surface area contributed by atoms with E-state index in [9.17, 15) is 19.5 Å². The van der Waals surface area contributed by atoms with Crippen LogP contribution in [-0.4, -0.2) is 41.6 Å². The van der Waals surface area contributed by atoms with Crippen molar-refractivity contribution >= 4 is 17.8 Å². The summed E-state index contributed by atoms with van der Waals surface area (Å²) in [6.07, 6.45) is 43.8. The van der Waals surface area contributed by atoms with Crippen molar-refractivity contribution in [3.8, 4) is 0 Å². The summed E-state index contributed by atoms with van der Waals surface area (Å²) < 4.78 is 6.00. The molecular weight excluding hydrogens is 636 g/mol. The Morgan fingerprint density at radius 2 is 1.02 bits per heavy atom. The van der Waals surface area contributed by atoms with E-state index in [4.69, 9.17) is 10.5 Å². The third-order valence-corrected chi connectivity index (χ3v) is 9.77. The van der Waals surface area contributed by atoms with Crippen molar-refractivity contribution in [2.24, 2.45) is 5.73 Å². The normalized spacial score (nSPS) is 12.8. The van der Waals surface area contributed by atoms with Crippen LogP contribution in [0.2, 0.25) is 0 Å². The second-order valence-electron chi connectivity index (χ2n) is 14.8. The first-order chi connectivity index (χ1) is 24.9. The van der Waals surface area contributed by atoms with E-state index < -0.39 is 12.0 Å². The van der Waals surface area contributed by atoms with Crippen LogP contribution >= 0.6 is 0 Å². The average Bonchev–Trinajstić information content (AvgIpc) is 3.11. The van der Waals surface area contributed by atoms with Gasteiger partial charge in [0.15, 0.2) is 0 Å². The van der Waals surface area contributed by atoms with Gasteiger partial charge >= 0.3 is 11.9 Å². The van der Waals surface area contributed by atoms with Crippen LogP contribution in [0.5, 0.6) is 0 Å². The lowest BCUT2D eigenvalue weighted by atomic mass is 10.0. The number of rotatable bonds is 39. The van der Waals surface area contributed by atoms with Gasteiger partial charge in [0, 0.05) is 12.8 Å². The number of nitrogens with two attached hydrogens (primary N) is 1. The minimum absolute atomic E-state index is 0.0172. The second-order valence-corrected chi connectivity index (χ2v) is 14.8. The molecule has 2 atom stereocenters. The standard InChI is InChI=1S/C44H82N2O5/c1-3-5-7-9-11-12-13-14-15-16-17-18-19-20-21-22-23-28-32-38-43(48)51-40(34-29-25-10-8-6-4-2)35-30-26-24-27-31-37-42(47)46-41(44(49)50)36-33-39-45/h11-12,14-15,40-41H,3-10,13,16-39,45H2,1-2H3,(H,46,47)(H,49,50)/b12-11-,15-14-. The van der Waals surface area contributed by atoms with Crippen molar-refractivity contribution in [3.05, 3.63) is 24.3 Å². The van der Waals surface area contributed by atoms with Crippen LogP contribution in [0.15, 0.2) is 24.3 Å². The Bertz CT molecular complexity index is 858. The van der Waals surface area contributed by atoms with Crippen LogP contribution in [0.4, 0.5) is 0 Å². The molecule has 0 heterocycles. The SMILES string of the molecule is CCCCC/C=C\C/C=C\CCCCCCCCCCCC(=O)OC(CCCCCCCC)CCCCCCCC(=O)NC(CCCN)C(=O)O. The van der Waals surface area contributed by atoms with Gasteiger partial charge in [0.05, 0.1) is 0 Å². The summed E-state index contributed by atoms with van der Waals surface area (Å²) in [7, 11) is 0. The van der Waals surface area contributed by atoms with Crippen LogP contribution in [0.1, 0.15) is 219 Å².